The SMILES string of the molecule is Nc1ncncc1C(=O)N[C@H](c1ccc(Cl)cc1)c1ccsc1. The highest BCUT2D eigenvalue weighted by atomic mass is 35.5. The number of hydrogen-bond acceptors (Lipinski definition) is 5. The van der Waals surface area contributed by atoms with Crippen molar-refractivity contribution in [3.8, 4) is 0 Å². The number of nitrogen functional groups attached to an aromatic ring is 1. The summed E-state index contributed by atoms with van der Waals surface area (Å²) in [7, 11) is 0. The van der Waals surface area contributed by atoms with E-state index in [1.54, 1.807) is 23.5 Å². The van der Waals surface area contributed by atoms with Gasteiger partial charge in [-0.2, -0.15) is 11.3 Å². The first kappa shape index (κ1) is 15.5. The number of halogens is 1. The average Bonchev–Trinajstić information content (AvgIpc) is 3.08. The van der Waals surface area contributed by atoms with Crippen molar-refractivity contribution in [2.45, 2.75) is 6.04 Å². The van der Waals surface area contributed by atoms with Crippen LogP contribution in [0.4, 0.5) is 5.82 Å². The second kappa shape index (κ2) is 6.76. The van der Waals surface area contributed by atoms with Gasteiger partial charge < -0.3 is 11.1 Å². The fourth-order valence-electron chi connectivity index (χ4n) is 2.18. The minimum atomic E-state index is -0.325. The molecule has 3 N–H and O–H groups in total. The van der Waals surface area contributed by atoms with Gasteiger partial charge in [-0.1, -0.05) is 23.7 Å². The molecule has 3 rings (SSSR count). The van der Waals surface area contributed by atoms with Gasteiger partial charge in [-0.05, 0) is 40.1 Å². The molecule has 5 nitrogen and oxygen atoms in total. The molecule has 0 unspecified atom stereocenters. The van der Waals surface area contributed by atoms with E-state index in [-0.39, 0.29) is 23.3 Å². The lowest BCUT2D eigenvalue weighted by Crippen LogP contribution is -2.30. The number of anilines is 1. The van der Waals surface area contributed by atoms with Gasteiger partial charge in [0.05, 0.1) is 11.6 Å². The van der Waals surface area contributed by atoms with E-state index >= 15 is 0 Å². The Morgan fingerprint density at radius 2 is 2.00 bits per heavy atom. The smallest absolute Gasteiger partial charge is 0.257 e. The maximum Gasteiger partial charge on any atom is 0.257 e. The van der Waals surface area contributed by atoms with Crippen molar-refractivity contribution in [2.75, 3.05) is 5.73 Å². The van der Waals surface area contributed by atoms with E-state index in [1.807, 2.05) is 29.0 Å². The van der Waals surface area contributed by atoms with Crippen LogP contribution < -0.4 is 11.1 Å². The number of amides is 1. The van der Waals surface area contributed by atoms with Gasteiger partial charge in [-0.15, -0.1) is 0 Å². The Morgan fingerprint density at radius 1 is 1.22 bits per heavy atom. The van der Waals surface area contributed by atoms with Crippen molar-refractivity contribution >= 4 is 34.7 Å². The van der Waals surface area contributed by atoms with Crippen molar-refractivity contribution in [3.63, 3.8) is 0 Å². The predicted octanol–water partition coefficient (Wildman–Crippen LogP) is 3.29. The number of rotatable bonds is 4. The number of thiophene rings is 1. The van der Waals surface area contributed by atoms with Crippen LogP contribution in [-0.2, 0) is 0 Å². The van der Waals surface area contributed by atoms with E-state index in [2.05, 4.69) is 15.3 Å². The van der Waals surface area contributed by atoms with Gasteiger partial charge in [0.2, 0.25) is 0 Å². The first-order valence-electron chi connectivity index (χ1n) is 6.79. The Labute approximate surface area is 142 Å². The van der Waals surface area contributed by atoms with Crippen molar-refractivity contribution in [3.05, 3.63) is 75.3 Å². The van der Waals surface area contributed by atoms with E-state index < -0.39 is 0 Å². The monoisotopic (exact) mass is 344 g/mol. The summed E-state index contributed by atoms with van der Waals surface area (Å²) in [5, 5.41) is 7.57. The molecule has 0 saturated carbocycles. The molecule has 0 radical (unpaired) electrons. The number of nitrogens with zero attached hydrogens (tertiary/aromatic N) is 2. The lowest BCUT2D eigenvalue weighted by molar-refractivity contribution is 0.0943. The highest BCUT2D eigenvalue weighted by molar-refractivity contribution is 7.08. The Bertz CT molecular complexity index is 805. The Morgan fingerprint density at radius 3 is 2.65 bits per heavy atom. The topological polar surface area (TPSA) is 80.9 Å². The maximum atomic E-state index is 12.5. The third-order valence-corrected chi connectivity index (χ3v) is 4.30. The van der Waals surface area contributed by atoms with Gasteiger partial charge in [0.25, 0.3) is 5.91 Å². The zero-order chi connectivity index (χ0) is 16.2. The van der Waals surface area contributed by atoms with E-state index in [4.69, 9.17) is 17.3 Å². The van der Waals surface area contributed by atoms with Crippen molar-refractivity contribution in [2.24, 2.45) is 0 Å². The molecule has 1 amide bonds. The zero-order valence-corrected chi connectivity index (χ0v) is 13.5. The van der Waals surface area contributed by atoms with Gasteiger partial charge in [0, 0.05) is 11.2 Å². The van der Waals surface area contributed by atoms with E-state index in [9.17, 15) is 4.79 Å². The molecule has 7 heteroatoms. The summed E-state index contributed by atoms with van der Waals surface area (Å²) in [6, 6.07) is 9.02. The fourth-order valence-corrected chi connectivity index (χ4v) is 2.99. The summed E-state index contributed by atoms with van der Waals surface area (Å²) >= 11 is 7.51. The molecule has 0 fully saturated rings. The lowest BCUT2D eigenvalue weighted by atomic mass is 10.0. The Hall–Kier alpha value is -2.44. The molecule has 0 spiro atoms. The quantitative estimate of drug-likeness (QED) is 0.761. The minimum Gasteiger partial charge on any atom is -0.383 e. The molecule has 1 atom stereocenters. The number of benzene rings is 1. The number of aromatic nitrogens is 2. The highest BCUT2D eigenvalue weighted by Crippen LogP contribution is 2.26. The van der Waals surface area contributed by atoms with Crippen LogP contribution in [0.2, 0.25) is 5.02 Å². The largest absolute Gasteiger partial charge is 0.383 e. The summed E-state index contributed by atoms with van der Waals surface area (Å²) in [5.41, 5.74) is 7.91. The van der Waals surface area contributed by atoms with E-state index in [1.165, 1.54) is 12.5 Å². The lowest BCUT2D eigenvalue weighted by Gasteiger charge is -2.19. The van der Waals surface area contributed by atoms with Crippen LogP contribution >= 0.6 is 22.9 Å². The number of hydrogen-bond donors (Lipinski definition) is 2. The van der Waals surface area contributed by atoms with Crippen LogP contribution in [0.5, 0.6) is 0 Å². The standard InChI is InChI=1S/C16H13ClN4OS/c17-12-3-1-10(2-4-12)14(11-5-6-23-8-11)21-16(22)13-7-19-9-20-15(13)18/h1-9,14H,(H,21,22)(H2,18,19,20)/t14-/m1/s1. The van der Waals surface area contributed by atoms with Crippen LogP contribution in [0.3, 0.4) is 0 Å². The van der Waals surface area contributed by atoms with E-state index in [0.717, 1.165) is 11.1 Å². The molecular weight excluding hydrogens is 332 g/mol. The molecule has 1 aromatic carbocycles. The molecule has 2 aromatic heterocycles. The molecule has 0 aliphatic carbocycles. The van der Waals surface area contributed by atoms with Crippen LogP contribution in [0, 0.1) is 0 Å². The van der Waals surface area contributed by atoms with Gasteiger partial charge in [0.15, 0.2) is 0 Å². The van der Waals surface area contributed by atoms with Gasteiger partial charge in [-0.25, -0.2) is 9.97 Å². The second-order valence-electron chi connectivity index (χ2n) is 4.84. The average molecular weight is 345 g/mol. The first-order chi connectivity index (χ1) is 11.1. The van der Waals surface area contributed by atoms with Crippen molar-refractivity contribution < 1.29 is 4.79 Å². The molecule has 2 heterocycles. The summed E-state index contributed by atoms with van der Waals surface area (Å²) < 4.78 is 0. The van der Waals surface area contributed by atoms with Crippen LogP contribution in [-0.4, -0.2) is 15.9 Å². The van der Waals surface area contributed by atoms with Crippen molar-refractivity contribution in [1.29, 1.82) is 0 Å². The molecule has 0 saturated heterocycles. The summed E-state index contributed by atoms with van der Waals surface area (Å²) in [6.07, 6.45) is 2.71. The molecule has 3 aromatic rings. The fraction of sp³-hybridized carbons (Fsp3) is 0.0625. The predicted molar refractivity (Wildman–Crippen MR) is 91.5 cm³/mol. The molecular formula is C16H13ClN4OS. The third-order valence-electron chi connectivity index (χ3n) is 3.34. The Kier molecular flexibility index (Phi) is 4.55. The van der Waals surface area contributed by atoms with Crippen LogP contribution in [0.15, 0.2) is 53.6 Å². The molecule has 116 valence electrons. The van der Waals surface area contributed by atoms with Crippen LogP contribution in [0.25, 0.3) is 0 Å². The van der Waals surface area contributed by atoms with Gasteiger partial charge >= 0.3 is 0 Å². The number of nitrogens with one attached hydrogen (secondary N) is 1. The van der Waals surface area contributed by atoms with E-state index in [0.29, 0.717) is 5.02 Å². The minimum absolute atomic E-state index is 0.151. The third kappa shape index (κ3) is 3.49. The normalized spacial score (nSPS) is 11.9. The summed E-state index contributed by atoms with van der Waals surface area (Å²) in [6.45, 7) is 0. The summed E-state index contributed by atoms with van der Waals surface area (Å²) in [4.78, 5) is 20.2. The van der Waals surface area contributed by atoms with Crippen molar-refractivity contribution in [1.82, 2.24) is 15.3 Å². The molecule has 23 heavy (non-hydrogen) atoms. The van der Waals surface area contributed by atoms with Crippen LogP contribution in [0.1, 0.15) is 27.5 Å². The van der Waals surface area contributed by atoms with Gasteiger partial charge in [-0.3, -0.25) is 4.79 Å². The number of nitrogens with two attached hydrogens (primary N) is 1. The summed E-state index contributed by atoms with van der Waals surface area (Å²) in [5.74, 6) is -0.174. The maximum absolute atomic E-state index is 12.5. The second-order valence-corrected chi connectivity index (χ2v) is 6.05. The zero-order valence-electron chi connectivity index (χ0n) is 11.9. The Balaban J connectivity index is 1.92. The highest BCUT2D eigenvalue weighted by Gasteiger charge is 2.20. The molecule has 0 aliphatic heterocycles. The molecule has 0 aliphatic rings. The first-order valence-corrected chi connectivity index (χ1v) is 8.11. The number of carbonyl (C=O) groups is 1. The van der Waals surface area contributed by atoms with Gasteiger partial charge in [0.1, 0.15) is 12.1 Å². The number of carbonyl (C=O) groups excluding carboxylic acids is 1. The molecule has 0 bridgehead atoms.